The summed E-state index contributed by atoms with van der Waals surface area (Å²) < 4.78 is 13.9. The third-order valence-corrected chi connectivity index (χ3v) is 2.19. The van der Waals surface area contributed by atoms with Gasteiger partial charge in [-0.2, -0.15) is 0 Å². The normalized spacial score (nSPS) is 18.0. The van der Waals surface area contributed by atoms with Gasteiger partial charge in [-0.15, -0.1) is 0 Å². The Balaban J connectivity index is 3.60. The highest BCUT2D eigenvalue weighted by molar-refractivity contribution is 4.58. The zero-order valence-electron chi connectivity index (χ0n) is 10.6. The van der Waals surface area contributed by atoms with Crippen LogP contribution in [0, 0.1) is 6.92 Å². The van der Waals surface area contributed by atoms with Gasteiger partial charge in [-0.3, -0.25) is 0 Å². The predicted molar refractivity (Wildman–Crippen MR) is 62.3 cm³/mol. The van der Waals surface area contributed by atoms with E-state index in [0.29, 0.717) is 0 Å². The average molecular weight is 282 g/mol. The van der Waals surface area contributed by atoms with E-state index in [0.717, 1.165) is 0 Å². The minimum Gasteiger partial charge on any atom is -0.393 e. The summed E-state index contributed by atoms with van der Waals surface area (Å²) in [6.07, 6.45) is -4.71. The highest BCUT2D eigenvalue weighted by atomic mass is 16.7. The molecule has 0 aliphatic heterocycles. The number of ether oxygens (including phenoxy) is 3. The first-order valence-corrected chi connectivity index (χ1v) is 5.87. The minimum absolute atomic E-state index is 0.0174. The first-order valence-electron chi connectivity index (χ1n) is 5.87. The molecule has 0 amide bonds. The van der Waals surface area contributed by atoms with Crippen molar-refractivity contribution in [3.8, 4) is 0 Å². The van der Waals surface area contributed by atoms with Crippen LogP contribution in [0.5, 0.6) is 0 Å². The molecule has 8 nitrogen and oxygen atoms in total. The monoisotopic (exact) mass is 282 g/mol. The summed E-state index contributed by atoms with van der Waals surface area (Å²) >= 11 is 0. The number of hydrogen-bond acceptors (Lipinski definition) is 8. The van der Waals surface area contributed by atoms with Crippen molar-refractivity contribution in [2.24, 2.45) is 0 Å². The Morgan fingerprint density at radius 2 is 1.42 bits per heavy atom. The standard InChI is InChI=1S/C11H22O8/c1-2-17-9(14)5-8(13)3-4-18-10(15)6-11(16)19-7-12/h1,8-16H,2-7H2/t8-,9+,10+,11-/m1/s1. The van der Waals surface area contributed by atoms with Crippen molar-refractivity contribution in [2.75, 3.05) is 20.0 Å². The Morgan fingerprint density at radius 3 is 2.00 bits per heavy atom. The smallest absolute Gasteiger partial charge is 0.162 e. The number of rotatable bonds is 12. The molecule has 0 aromatic carbocycles. The summed E-state index contributed by atoms with van der Waals surface area (Å²) in [7, 11) is 0. The zero-order valence-corrected chi connectivity index (χ0v) is 10.6. The molecule has 0 unspecified atom stereocenters. The van der Waals surface area contributed by atoms with Crippen LogP contribution in [0.3, 0.4) is 0 Å². The molecule has 0 spiro atoms. The lowest BCUT2D eigenvalue weighted by molar-refractivity contribution is -0.199. The second-order valence-electron chi connectivity index (χ2n) is 3.78. The molecule has 2 radical (unpaired) electrons. The van der Waals surface area contributed by atoms with E-state index in [4.69, 9.17) is 21.9 Å². The van der Waals surface area contributed by atoms with Gasteiger partial charge < -0.3 is 39.7 Å². The number of aliphatic hydroxyl groups excluding tert-OH is 5. The van der Waals surface area contributed by atoms with Gasteiger partial charge in [0.25, 0.3) is 0 Å². The minimum atomic E-state index is -1.33. The van der Waals surface area contributed by atoms with Crippen LogP contribution in [0.25, 0.3) is 0 Å². The molecule has 0 aliphatic carbocycles. The summed E-state index contributed by atoms with van der Waals surface area (Å²) in [5, 5.41) is 45.4. The highest BCUT2D eigenvalue weighted by Gasteiger charge is 2.15. The molecule has 114 valence electrons. The quantitative estimate of drug-likeness (QED) is 0.265. The van der Waals surface area contributed by atoms with Crippen LogP contribution in [-0.2, 0) is 14.2 Å². The van der Waals surface area contributed by atoms with E-state index in [2.05, 4.69) is 9.47 Å². The van der Waals surface area contributed by atoms with Crippen LogP contribution in [0.1, 0.15) is 19.3 Å². The Labute approximate surface area is 112 Å². The summed E-state index contributed by atoms with van der Waals surface area (Å²) in [6.45, 7) is 4.25. The van der Waals surface area contributed by atoms with Crippen molar-refractivity contribution in [1.29, 1.82) is 0 Å². The van der Waals surface area contributed by atoms with Crippen LogP contribution in [0.15, 0.2) is 0 Å². The van der Waals surface area contributed by atoms with Gasteiger partial charge in [-0.1, -0.05) is 0 Å². The van der Waals surface area contributed by atoms with E-state index in [-0.39, 0.29) is 32.5 Å². The van der Waals surface area contributed by atoms with Crippen molar-refractivity contribution in [2.45, 2.75) is 44.2 Å². The molecule has 0 aromatic heterocycles. The van der Waals surface area contributed by atoms with Crippen molar-refractivity contribution < 1.29 is 39.7 Å². The first kappa shape index (κ1) is 18.7. The third-order valence-electron chi connectivity index (χ3n) is 2.19. The van der Waals surface area contributed by atoms with Crippen molar-refractivity contribution in [3.63, 3.8) is 0 Å². The van der Waals surface area contributed by atoms with Crippen LogP contribution >= 0.6 is 0 Å². The van der Waals surface area contributed by atoms with E-state index in [1.54, 1.807) is 0 Å². The lowest BCUT2D eigenvalue weighted by atomic mass is 10.2. The maximum atomic E-state index is 9.48. The summed E-state index contributed by atoms with van der Waals surface area (Å²) in [5.41, 5.74) is 0. The molecule has 4 atom stereocenters. The lowest BCUT2D eigenvalue weighted by Crippen LogP contribution is -2.25. The molecule has 5 N–H and O–H groups in total. The molecule has 0 rings (SSSR count). The zero-order chi connectivity index (χ0) is 14.7. The number of hydrogen-bond donors (Lipinski definition) is 5. The molecular formula is C11H22O8. The fraction of sp³-hybridized carbons (Fsp3) is 0.909. The van der Waals surface area contributed by atoms with Gasteiger partial charge >= 0.3 is 0 Å². The second-order valence-corrected chi connectivity index (χ2v) is 3.78. The van der Waals surface area contributed by atoms with Gasteiger partial charge in [0, 0.05) is 12.8 Å². The Hall–Kier alpha value is -0.320. The van der Waals surface area contributed by atoms with Gasteiger partial charge in [0.2, 0.25) is 0 Å². The maximum Gasteiger partial charge on any atom is 0.162 e. The molecular weight excluding hydrogens is 260 g/mol. The maximum absolute atomic E-state index is 9.48. The first-order chi connectivity index (χ1) is 8.99. The average Bonchev–Trinajstić information content (AvgIpc) is 2.28. The molecule has 0 fully saturated rings. The lowest BCUT2D eigenvalue weighted by Gasteiger charge is -2.18. The largest absolute Gasteiger partial charge is 0.393 e. The van der Waals surface area contributed by atoms with Crippen LogP contribution < -0.4 is 0 Å². The molecule has 0 heterocycles. The van der Waals surface area contributed by atoms with Crippen LogP contribution in [-0.4, -0.2) is 70.5 Å². The van der Waals surface area contributed by atoms with E-state index in [9.17, 15) is 15.3 Å². The molecule has 0 aromatic rings. The van der Waals surface area contributed by atoms with Crippen molar-refractivity contribution in [1.82, 2.24) is 0 Å². The topological polar surface area (TPSA) is 129 Å². The third kappa shape index (κ3) is 11.2. The fourth-order valence-electron chi connectivity index (χ4n) is 1.26. The summed E-state index contributed by atoms with van der Waals surface area (Å²) in [6, 6.07) is 0. The molecule has 0 aliphatic rings. The van der Waals surface area contributed by atoms with E-state index in [1.165, 1.54) is 0 Å². The van der Waals surface area contributed by atoms with E-state index in [1.807, 2.05) is 0 Å². The van der Waals surface area contributed by atoms with Crippen molar-refractivity contribution in [3.05, 3.63) is 6.92 Å². The van der Waals surface area contributed by atoms with Crippen molar-refractivity contribution >= 4 is 0 Å². The fourth-order valence-corrected chi connectivity index (χ4v) is 1.26. The van der Waals surface area contributed by atoms with Crippen LogP contribution in [0.2, 0.25) is 0 Å². The van der Waals surface area contributed by atoms with Gasteiger partial charge in [0.15, 0.2) is 18.9 Å². The van der Waals surface area contributed by atoms with Gasteiger partial charge in [-0.05, 0) is 13.3 Å². The number of aliphatic hydroxyl groups is 5. The molecule has 8 heteroatoms. The van der Waals surface area contributed by atoms with E-state index >= 15 is 0 Å². The predicted octanol–water partition coefficient (Wildman–Crippen LogP) is -1.82. The molecule has 0 saturated heterocycles. The Morgan fingerprint density at radius 1 is 0.842 bits per heavy atom. The Bertz CT molecular complexity index is 183. The van der Waals surface area contributed by atoms with E-state index < -0.39 is 31.8 Å². The van der Waals surface area contributed by atoms with Gasteiger partial charge in [0.05, 0.1) is 19.3 Å². The van der Waals surface area contributed by atoms with Gasteiger partial charge in [0.1, 0.15) is 6.79 Å². The summed E-state index contributed by atoms with van der Waals surface area (Å²) in [4.78, 5) is 0. The second kappa shape index (κ2) is 11.5. The van der Waals surface area contributed by atoms with Crippen LogP contribution in [0.4, 0.5) is 0 Å². The molecule has 0 saturated carbocycles. The van der Waals surface area contributed by atoms with Gasteiger partial charge in [-0.25, -0.2) is 0 Å². The Kier molecular flexibility index (Phi) is 11.3. The highest BCUT2D eigenvalue weighted by Crippen LogP contribution is 2.07. The summed E-state index contributed by atoms with van der Waals surface area (Å²) in [5.74, 6) is 0. The SMILES string of the molecule is [CH]CO[C@H](O)C[C@H](O)CCO[C@H](O)C[C@H](O)OCO. The molecule has 19 heavy (non-hydrogen) atoms. The molecule has 0 bridgehead atoms.